The van der Waals surface area contributed by atoms with E-state index in [0.717, 1.165) is 62.9 Å². The lowest BCUT2D eigenvalue weighted by molar-refractivity contribution is 0.0376. The van der Waals surface area contributed by atoms with Crippen molar-refractivity contribution in [2.75, 3.05) is 46.2 Å². The Morgan fingerprint density at radius 1 is 1.21 bits per heavy atom. The first-order chi connectivity index (χ1) is 11.3. The van der Waals surface area contributed by atoms with Crippen LogP contribution in [0.3, 0.4) is 0 Å². The van der Waals surface area contributed by atoms with E-state index in [-0.39, 0.29) is 30.8 Å². The maximum absolute atomic E-state index is 5.90. The molecule has 0 spiro atoms. The zero-order valence-electron chi connectivity index (χ0n) is 13.7. The summed E-state index contributed by atoms with van der Waals surface area (Å²) in [5, 5.41) is 3.16. The second-order valence-corrected chi connectivity index (χ2v) is 5.62. The second-order valence-electron chi connectivity index (χ2n) is 5.62. The minimum absolute atomic E-state index is 0. The third-order valence-electron chi connectivity index (χ3n) is 3.93. The number of hydrogen-bond acceptors (Lipinski definition) is 5. The number of benzene rings is 1. The Labute approximate surface area is 159 Å². The van der Waals surface area contributed by atoms with E-state index >= 15 is 0 Å². The summed E-state index contributed by atoms with van der Waals surface area (Å²) in [6.07, 6.45) is 1.04. The summed E-state index contributed by atoms with van der Waals surface area (Å²) >= 11 is 0. The van der Waals surface area contributed by atoms with Crippen molar-refractivity contribution in [2.24, 2.45) is 10.7 Å². The van der Waals surface area contributed by atoms with Crippen LogP contribution in [0.15, 0.2) is 23.2 Å². The van der Waals surface area contributed by atoms with E-state index in [1.807, 2.05) is 18.2 Å². The van der Waals surface area contributed by atoms with E-state index in [2.05, 4.69) is 15.2 Å². The van der Waals surface area contributed by atoms with Gasteiger partial charge >= 0.3 is 0 Å². The molecule has 3 rings (SSSR count). The Balaban J connectivity index is 0.00000208. The van der Waals surface area contributed by atoms with Crippen LogP contribution in [-0.4, -0.2) is 57.0 Å². The first-order valence-electron chi connectivity index (χ1n) is 8.04. The average Bonchev–Trinajstić information content (AvgIpc) is 3.05. The molecule has 134 valence electrons. The van der Waals surface area contributed by atoms with Crippen LogP contribution >= 0.6 is 24.0 Å². The number of aliphatic imine (C=N–C) groups is 1. The Morgan fingerprint density at radius 2 is 2.00 bits per heavy atom. The number of nitrogens with zero attached hydrogens (tertiary/aromatic N) is 2. The Kier molecular flexibility index (Phi) is 7.86. The number of guanidine groups is 1. The molecule has 1 fully saturated rings. The van der Waals surface area contributed by atoms with Crippen molar-refractivity contribution in [3.63, 3.8) is 0 Å². The molecule has 1 saturated heterocycles. The first-order valence-corrected chi connectivity index (χ1v) is 8.04. The van der Waals surface area contributed by atoms with Crippen molar-refractivity contribution in [3.8, 4) is 11.5 Å². The predicted octanol–water partition coefficient (Wildman–Crippen LogP) is 1.16. The number of hydrogen-bond donors (Lipinski definition) is 2. The standard InChI is InChI=1S/C16H24N4O3.HI/c17-16(18-4-1-5-20-6-8-21-9-7-20)19-11-13-2-3-14-15(10-13)23-12-22-14;/h2-3,10H,1,4-9,11-12H2,(H3,17,18,19);1H. The molecule has 7 nitrogen and oxygen atoms in total. The summed E-state index contributed by atoms with van der Waals surface area (Å²) in [6, 6.07) is 5.82. The lowest BCUT2D eigenvalue weighted by Crippen LogP contribution is -2.39. The molecule has 0 aromatic heterocycles. The van der Waals surface area contributed by atoms with Crippen molar-refractivity contribution < 1.29 is 14.2 Å². The van der Waals surface area contributed by atoms with Gasteiger partial charge in [0.15, 0.2) is 17.5 Å². The van der Waals surface area contributed by atoms with E-state index in [1.54, 1.807) is 0 Å². The van der Waals surface area contributed by atoms with Gasteiger partial charge in [-0.2, -0.15) is 0 Å². The molecule has 2 heterocycles. The van der Waals surface area contributed by atoms with Crippen LogP contribution in [0.5, 0.6) is 11.5 Å². The van der Waals surface area contributed by atoms with Crippen LogP contribution in [0.1, 0.15) is 12.0 Å². The van der Waals surface area contributed by atoms with Gasteiger partial charge < -0.3 is 25.3 Å². The highest BCUT2D eigenvalue weighted by molar-refractivity contribution is 14.0. The number of rotatable bonds is 6. The van der Waals surface area contributed by atoms with Gasteiger partial charge in [-0.15, -0.1) is 24.0 Å². The molecule has 2 aliphatic heterocycles. The second kappa shape index (κ2) is 9.90. The molecule has 24 heavy (non-hydrogen) atoms. The highest BCUT2D eigenvalue weighted by Crippen LogP contribution is 2.32. The van der Waals surface area contributed by atoms with Gasteiger partial charge in [0.25, 0.3) is 0 Å². The minimum atomic E-state index is 0. The molecule has 0 unspecified atom stereocenters. The van der Waals surface area contributed by atoms with Crippen LogP contribution in [0.25, 0.3) is 0 Å². The maximum Gasteiger partial charge on any atom is 0.231 e. The molecule has 1 aromatic rings. The third-order valence-corrected chi connectivity index (χ3v) is 3.93. The van der Waals surface area contributed by atoms with Crippen LogP contribution in [-0.2, 0) is 11.3 Å². The van der Waals surface area contributed by atoms with Crippen LogP contribution in [0, 0.1) is 0 Å². The van der Waals surface area contributed by atoms with E-state index in [0.29, 0.717) is 12.5 Å². The molecule has 0 saturated carbocycles. The minimum Gasteiger partial charge on any atom is -0.454 e. The van der Waals surface area contributed by atoms with E-state index < -0.39 is 0 Å². The quantitative estimate of drug-likeness (QED) is 0.294. The molecule has 1 aromatic carbocycles. The molecule has 0 radical (unpaired) electrons. The Bertz CT molecular complexity index is 550. The summed E-state index contributed by atoms with van der Waals surface area (Å²) in [5.74, 6) is 2.03. The number of nitrogens with one attached hydrogen (secondary N) is 1. The number of nitrogens with two attached hydrogens (primary N) is 1. The van der Waals surface area contributed by atoms with E-state index in [1.165, 1.54) is 0 Å². The van der Waals surface area contributed by atoms with E-state index in [9.17, 15) is 0 Å². The molecule has 3 N–H and O–H groups in total. The predicted molar refractivity (Wildman–Crippen MR) is 103 cm³/mol. The van der Waals surface area contributed by atoms with Crippen molar-refractivity contribution in [1.82, 2.24) is 10.2 Å². The lowest BCUT2D eigenvalue weighted by atomic mass is 10.2. The van der Waals surface area contributed by atoms with Gasteiger partial charge in [-0.3, -0.25) is 4.90 Å². The molecular formula is C16H25IN4O3. The molecule has 0 bridgehead atoms. The van der Waals surface area contributed by atoms with Gasteiger partial charge in [0.05, 0.1) is 19.8 Å². The largest absolute Gasteiger partial charge is 0.454 e. The maximum atomic E-state index is 5.90. The fourth-order valence-corrected chi connectivity index (χ4v) is 2.62. The normalized spacial score (nSPS) is 17.4. The molecule has 0 amide bonds. The van der Waals surface area contributed by atoms with E-state index in [4.69, 9.17) is 19.9 Å². The van der Waals surface area contributed by atoms with Gasteiger partial charge in [0.2, 0.25) is 6.79 Å². The van der Waals surface area contributed by atoms with Crippen molar-refractivity contribution in [1.29, 1.82) is 0 Å². The number of fused-ring (bicyclic) bond motifs is 1. The van der Waals surface area contributed by atoms with Crippen molar-refractivity contribution in [2.45, 2.75) is 13.0 Å². The zero-order chi connectivity index (χ0) is 15.9. The van der Waals surface area contributed by atoms with Gasteiger partial charge in [-0.25, -0.2) is 4.99 Å². The summed E-state index contributed by atoms with van der Waals surface area (Å²) in [7, 11) is 0. The van der Waals surface area contributed by atoms with Crippen molar-refractivity contribution >= 4 is 29.9 Å². The fourth-order valence-electron chi connectivity index (χ4n) is 2.62. The Morgan fingerprint density at radius 3 is 2.83 bits per heavy atom. The third kappa shape index (κ3) is 5.67. The van der Waals surface area contributed by atoms with Gasteiger partial charge in [-0.1, -0.05) is 6.07 Å². The lowest BCUT2D eigenvalue weighted by Gasteiger charge is -2.26. The van der Waals surface area contributed by atoms with Gasteiger partial charge in [0.1, 0.15) is 0 Å². The highest BCUT2D eigenvalue weighted by atomic mass is 127. The highest BCUT2D eigenvalue weighted by Gasteiger charge is 2.13. The summed E-state index contributed by atoms with van der Waals surface area (Å²) < 4.78 is 16.0. The fraction of sp³-hybridized carbons (Fsp3) is 0.562. The molecule has 0 atom stereocenters. The summed E-state index contributed by atoms with van der Waals surface area (Å²) in [5.41, 5.74) is 6.95. The molecule has 2 aliphatic rings. The topological polar surface area (TPSA) is 81.3 Å². The molecule has 8 heteroatoms. The monoisotopic (exact) mass is 448 g/mol. The number of ether oxygens (including phenoxy) is 3. The number of halogens is 1. The smallest absolute Gasteiger partial charge is 0.231 e. The van der Waals surface area contributed by atoms with Crippen LogP contribution < -0.4 is 20.5 Å². The van der Waals surface area contributed by atoms with Crippen LogP contribution in [0.2, 0.25) is 0 Å². The summed E-state index contributed by atoms with van der Waals surface area (Å²) in [4.78, 5) is 6.77. The van der Waals surface area contributed by atoms with Crippen molar-refractivity contribution in [3.05, 3.63) is 23.8 Å². The van der Waals surface area contributed by atoms with Gasteiger partial charge in [-0.05, 0) is 30.7 Å². The summed E-state index contributed by atoms with van der Waals surface area (Å²) in [6.45, 7) is 6.42. The zero-order valence-corrected chi connectivity index (χ0v) is 16.0. The first kappa shape index (κ1) is 19.1. The SMILES string of the molecule is I.NC(=NCc1ccc2c(c1)OCO2)NCCCN1CCOCC1. The Hall–Kier alpha value is -1.26. The van der Waals surface area contributed by atoms with Gasteiger partial charge in [0, 0.05) is 19.6 Å². The molecular weight excluding hydrogens is 423 g/mol. The molecule has 0 aliphatic carbocycles. The number of morpholine rings is 1. The average molecular weight is 448 g/mol. The van der Waals surface area contributed by atoms with Crippen LogP contribution in [0.4, 0.5) is 0 Å².